The molecule has 0 unspecified atom stereocenters. The Morgan fingerprint density at radius 2 is 1.73 bits per heavy atom. The first-order chi connectivity index (χ1) is 14.3. The van der Waals surface area contributed by atoms with E-state index in [1.807, 2.05) is 47.4 Å². The Morgan fingerprint density at radius 1 is 0.967 bits per heavy atom. The van der Waals surface area contributed by atoms with Crippen LogP contribution in [0.2, 0.25) is 0 Å². The molecule has 0 aliphatic heterocycles. The molecule has 1 N–H and O–H groups in total. The predicted molar refractivity (Wildman–Crippen MR) is 115 cm³/mol. The maximum atomic E-state index is 12.7. The zero-order valence-electron chi connectivity index (χ0n) is 17.0. The summed E-state index contributed by atoms with van der Waals surface area (Å²) in [5.41, 5.74) is 1.51. The third kappa shape index (κ3) is 5.79. The van der Waals surface area contributed by atoms with Crippen molar-refractivity contribution in [2.24, 2.45) is 0 Å². The Morgan fingerprint density at radius 3 is 2.40 bits per heavy atom. The fourth-order valence-corrected chi connectivity index (χ4v) is 3.93. The molecule has 1 heterocycles. The van der Waals surface area contributed by atoms with Crippen LogP contribution in [0, 0.1) is 0 Å². The fraction of sp³-hybridized carbons (Fsp3) is 0.227. The van der Waals surface area contributed by atoms with Gasteiger partial charge >= 0.3 is 0 Å². The lowest BCUT2D eigenvalue weighted by Crippen LogP contribution is -2.32. The number of rotatable bonds is 9. The average Bonchev–Trinajstić information content (AvgIpc) is 3.21. The number of hydrogen-bond donors (Lipinski definition) is 1. The summed E-state index contributed by atoms with van der Waals surface area (Å²) in [6, 6.07) is 19.8. The van der Waals surface area contributed by atoms with Crippen LogP contribution >= 0.6 is 0 Å². The van der Waals surface area contributed by atoms with E-state index in [9.17, 15) is 13.2 Å². The summed E-state index contributed by atoms with van der Waals surface area (Å²) in [5, 5.41) is 2.80. The minimum absolute atomic E-state index is 0.125. The summed E-state index contributed by atoms with van der Waals surface area (Å²) >= 11 is 0. The molecule has 8 heteroatoms. The zero-order valence-corrected chi connectivity index (χ0v) is 17.8. The summed E-state index contributed by atoms with van der Waals surface area (Å²) < 4.78 is 31.2. The van der Waals surface area contributed by atoms with E-state index in [0.717, 1.165) is 15.6 Å². The van der Waals surface area contributed by atoms with E-state index >= 15 is 0 Å². The van der Waals surface area contributed by atoms with E-state index in [2.05, 4.69) is 5.32 Å². The van der Waals surface area contributed by atoms with E-state index in [0.29, 0.717) is 18.8 Å². The zero-order chi connectivity index (χ0) is 21.6. The monoisotopic (exact) mass is 427 g/mol. The molecule has 0 spiro atoms. The molecule has 158 valence electrons. The molecule has 30 heavy (non-hydrogen) atoms. The van der Waals surface area contributed by atoms with Crippen LogP contribution in [-0.2, 0) is 27.9 Å². The number of hydrogen-bond acceptors (Lipinski definition) is 5. The van der Waals surface area contributed by atoms with Gasteiger partial charge in [0, 0.05) is 26.3 Å². The second-order valence-corrected chi connectivity index (χ2v) is 9.23. The summed E-state index contributed by atoms with van der Waals surface area (Å²) in [7, 11) is -0.636. The Kier molecular flexibility index (Phi) is 7.04. The van der Waals surface area contributed by atoms with Gasteiger partial charge in [-0.1, -0.05) is 36.4 Å². The quantitative estimate of drug-likeness (QED) is 0.567. The maximum Gasteiger partial charge on any atom is 0.242 e. The van der Waals surface area contributed by atoms with Gasteiger partial charge in [0.15, 0.2) is 0 Å². The van der Waals surface area contributed by atoms with Gasteiger partial charge in [-0.3, -0.25) is 9.69 Å². The first kappa shape index (κ1) is 21.8. The Balaban J connectivity index is 1.71. The van der Waals surface area contributed by atoms with Gasteiger partial charge in [-0.05, 0) is 35.9 Å². The van der Waals surface area contributed by atoms with Crippen molar-refractivity contribution in [1.82, 2.24) is 9.21 Å². The lowest BCUT2D eigenvalue weighted by Gasteiger charge is -2.21. The predicted octanol–water partition coefficient (Wildman–Crippen LogP) is 3.17. The van der Waals surface area contributed by atoms with Crippen molar-refractivity contribution in [3.8, 4) is 0 Å². The van der Waals surface area contributed by atoms with Crippen LogP contribution in [0.3, 0.4) is 0 Å². The van der Waals surface area contributed by atoms with Crippen molar-refractivity contribution in [1.29, 1.82) is 0 Å². The van der Waals surface area contributed by atoms with E-state index in [1.54, 1.807) is 18.4 Å². The van der Waals surface area contributed by atoms with Gasteiger partial charge in [-0.15, -0.1) is 0 Å². The number of nitrogens with one attached hydrogen (secondary N) is 1. The van der Waals surface area contributed by atoms with Crippen LogP contribution < -0.4 is 5.32 Å². The second kappa shape index (κ2) is 9.71. The molecule has 7 nitrogen and oxygen atoms in total. The van der Waals surface area contributed by atoms with Crippen molar-refractivity contribution in [2.75, 3.05) is 26.0 Å². The molecule has 0 atom stereocenters. The van der Waals surface area contributed by atoms with Gasteiger partial charge in [0.2, 0.25) is 15.9 Å². The van der Waals surface area contributed by atoms with Crippen LogP contribution in [0.1, 0.15) is 11.3 Å². The van der Waals surface area contributed by atoms with Crippen LogP contribution in [0.25, 0.3) is 0 Å². The van der Waals surface area contributed by atoms with Crippen molar-refractivity contribution in [2.45, 2.75) is 18.0 Å². The topological polar surface area (TPSA) is 82.9 Å². The van der Waals surface area contributed by atoms with Crippen LogP contribution in [0.4, 0.5) is 5.69 Å². The van der Waals surface area contributed by atoms with Crippen molar-refractivity contribution < 1.29 is 17.6 Å². The molecule has 0 aliphatic carbocycles. The molecule has 0 radical (unpaired) electrons. The smallest absolute Gasteiger partial charge is 0.242 e. The Bertz CT molecular complexity index is 1060. The molecule has 1 amide bonds. The van der Waals surface area contributed by atoms with Gasteiger partial charge < -0.3 is 9.73 Å². The van der Waals surface area contributed by atoms with Crippen molar-refractivity contribution in [3.63, 3.8) is 0 Å². The third-order valence-electron chi connectivity index (χ3n) is 4.47. The summed E-state index contributed by atoms with van der Waals surface area (Å²) in [6.07, 6.45) is 1.60. The molecule has 2 aromatic carbocycles. The minimum Gasteiger partial charge on any atom is -0.468 e. The number of furan rings is 1. The lowest BCUT2D eigenvalue weighted by atomic mass is 10.2. The summed E-state index contributed by atoms with van der Waals surface area (Å²) in [5.74, 6) is 0.523. The SMILES string of the molecule is CN(C)S(=O)(=O)c1cccc(NC(=O)CN(Cc2ccccc2)Cc2ccco2)c1. The van der Waals surface area contributed by atoms with Gasteiger partial charge in [0.1, 0.15) is 5.76 Å². The first-order valence-corrected chi connectivity index (χ1v) is 10.9. The van der Waals surface area contributed by atoms with Gasteiger partial charge in [-0.2, -0.15) is 0 Å². The Hall–Kier alpha value is -2.94. The number of benzene rings is 2. The average molecular weight is 428 g/mol. The number of carbonyl (C=O) groups is 1. The molecule has 0 saturated heterocycles. The normalized spacial score (nSPS) is 11.7. The lowest BCUT2D eigenvalue weighted by molar-refractivity contribution is -0.117. The number of nitrogens with zero attached hydrogens (tertiary/aromatic N) is 2. The molecule has 3 rings (SSSR count). The number of sulfonamides is 1. The third-order valence-corrected chi connectivity index (χ3v) is 6.28. The number of carbonyl (C=O) groups excluding carboxylic acids is 1. The summed E-state index contributed by atoms with van der Waals surface area (Å²) in [6.45, 7) is 1.18. The van der Waals surface area contributed by atoms with E-state index in [-0.39, 0.29) is 17.3 Å². The van der Waals surface area contributed by atoms with Gasteiger partial charge in [0.25, 0.3) is 0 Å². The molecule has 0 saturated carbocycles. The van der Waals surface area contributed by atoms with Crippen LogP contribution in [0.5, 0.6) is 0 Å². The standard InChI is InChI=1S/C22H25N3O4S/c1-24(2)30(27,28)21-12-6-10-19(14-21)23-22(26)17-25(16-20-11-7-13-29-20)15-18-8-4-3-5-9-18/h3-14H,15-17H2,1-2H3,(H,23,26). The number of anilines is 1. The van der Waals surface area contributed by atoms with E-state index < -0.39 is 10.0 Å². The van der Waals surface area contributed by atoms with E-state index in [4.69, 9.17) is 4.42 Å². The van der Waals surface area contributed by atoms with Crippen LogP contribution in [0.15, 0.2) is 82.3 Å². The minimum atomic E-state index is -3.57. The molecule has 1 aromatic heterocycles. The fourth-order valence-electron chi connectivity index (χ4n) is 2.98. The van der Waals surface area contributed by atoms with Gasteiger partial charge in [-0.25, -0.2) is 12.7 Å². The molecule has 3 aromatic rings. The highest BCUT2D eigenvalue weighted by Gasteiger charge is 2.18. The maximum absolute atomic E-state index is 12.7. The highest BCUT2D eigenvalue weighted by molar-refractivity contribution is 7.89. The molecular weight excluding hydrogens is 402 g/mol. The van der Waals surface area contributed by atoms with Gasteiger partial charge in [0.05, 0.1) is 24.2 Å². The molecule has 0 bridgehead atoms. The highest BCUT2D eigenvalue weighted by Crippen LogP contribution is 2.18. The largest absolute Gasteiger partial charge is 0.468 e. The van der Waals surface area contributed by atoms with E-state index in [1.165, 1.54) is 26.2 Å². The van der Waals surface area contributed by atoms with Crippen molar-refractivity contribution >= 4 is 21.6 Å². The van der Waals surface area contributed by atoms with Crippen LogP contribution in [-0.4, -0.2) is 44.2 Å². The second-order valence-electron chi connectivity index (χ2n) is 7.07. The molecule has 0 aliphatic rings. The molecule has 0 fully saturated rings. The summed E-state index contributed by atoms with van der Waals surface area (Å²) in [4.78, 5) is 14.8. The highest BCUT2D eigenvalue weighted by atomic mass is 32.2. The first-order valence-electron chi connectivity index (χ1n) is 9.46. The van der Waals surface area contributed by atoms with Crippen molar-refractivity contribution in [3.05, 3.63) is 84.3 Å². The molecular formula is C22H25N3O4S. The Labute approximate surface area is 177 Å². The number of amides is 1.